The average molecular weight is 108 g/mol. The number of allylic oxidation sites excluding steroid dienone is 2. The lowest BCUT2D eigenvalue weighted by Crippen LogP contribution is -2.10. The molecule has 0 nitrogen and oxygen atoms in total. The summed E-state index contributed by atoms with van der Waals surface area (Å²) in [5.74, 6) is 0. The Bertz CT molecular complexity index is 98.6. The van der Waals surface area contributed by atoms with E-state index in [1.807, 2.05) is 0 Å². The fourth-order valence-electron chi connectivity index (χ4n) is 0.922. The smallest absolute Gasteiger partial charge is 0.0138 e. The first-order valence-electron chi connectivity index (χ1n) is 3.13. The maximum Gasteiger partial charge on any atom is -0.0138 e. The minimum atomic E-state index is 0.318. The van der Waals surface area contributed by atoms with Crippen molar-refractivity contribution in [3.05, 3.63) is 18.6 Å². The Labute approximate surface area is 51.6 Å². The van der Waals surface area contributed by atoms with Gasteiger partial charge in [0.1, 0.15) is 0 Å². The highest BCUT2D eigenvalue weighted by Crippen LogP contribution is 2.27. The molecule has 0 aromatic heterocycles. The normalized spacial score (nSPS) is 25.8. The monoisotopic (exact) mass is 108 g/mol. The molecule has 2 radical (unpaired) electrons. The summed E-state index contributed by atoms with van der Waals surface area (Å²) in [5, 5.41) is 0. The zero-order valence-corrected chi connectivity index (χ0v) is 5.57. The molecule has 0 bridgehead atoms. The predicted molar refractivity (Wildman–Crippen MR) is 35.1 cm³/mol. The summed E-state index contributed by atoms with van der Waals surface area (Å²) in [7, 11) is 0. The van der Waals surface area contributed by atoms with Crippen molar-refractivity contribution in [1.82, 2.24) is 0 Å². The third kappa shape index (κ3) is 1.36. The Morgan fingerprint density at radius 1 is 1.50 bits per heavy atom. The van der Waals surface area contributed by atoms with Crippen molar-refractivity contribution < 1.29 is 0 Å². The van der Waals surface area contributed by atoms with E-state index in [9.17, 15) is 0 Å². The molecule has 0 heterocycles. The molecule has 0 aromatic carbocycles. The zero-order valence-electron chi connectivity index (χ0n) is 5.57. The van der Waals surface area contributed by atoms with E-state index in [0.717, 1.165) is 6.42 Å². The molecule has 0 saturated carbocycles. The Hall–Kier alpha value is -0.260. The first-order chi connectivity index (χ1) is 3.71. The van der Waals surface area contributed by atoms with Crippen LogP contribution in [0.2, 0.25) is 0 Å². The van der Waals surface area contributed by atoms with Crippen molar-refractivity contribution in [1.29, 1.82) is 0 Å². The molecule has 8 heavy (non-hydrogen) atoms. The number of rotatable bonds is 0. The van der Waals surface area contributed by atoms with E-state index in [4.69, 9.17) is 0 Å². The van der Waals surface area contributed by atoms with Gasteiger partial charge >= 0.3 is 0 Å². The van der Waals surface area contributed by atoms with Crippen LogP contribution in [0.1, 0.15) is 26.7 Å². The average Bonchev–Trinajstić information content (AvgIpc) is 1.65. The van der Waals surface area contributed by atoms with Crippen molar-refractivity contribution >= 4 is 0 Å². The van der Waals surface area contributed by atoms with Gasteiger partial charge in [0.15, 0.2) is 0 Å². The van der Waals surface area contributed by atoms with Crippen molar-refractivity contribution in [2.24, 2.45) is 5.41 Å². The Morgan fingerprint density at radius 3 is 2.50 bits per heavy atom. The summed E-state index contributed by atoms with van der Waals surface area (Å²) in [6, 6.07) is 0. The van der Waals surface area contributed by atoms with Gasteiger partial charge in [-0.3, -0.25) is 0 Å². The largest absolute Gasteiger partial charge is 0.0751 e. The van der Waals surface area contributed by atoms with Crippen LogP contribution in [-0.4, -0.2) is 0 Å². The van der Waals surface area contributed by atoms with Crippen molar-refractivity contribution in [2.75, 3.05) is 0 Å². The van der Waals surface area contributed by atoms with Gasteiger partial charge in [0.2, 0.25) is 0 Å². The second-order valence-corrected chi connectivity index (χ2v) is 2.91. The summed E-state index contributed by atoms with van der Waals surface area (Å²) in [5.41, 5.74) is 0.318. The molecule has 44 valence electrons. The molecular weight excluding hydrogens is 96.1 g/mol. The van der Waals surface area contributed by atoms with Gasteiger partial charge in [-0.25, -0.2) is 0 Å². The number of hydrogen-bond acceptors (Lipinski definition) is 0. The van der Waals surface area contributed by atoms with E-state index in [2.05, 4.69) is 32.4 Å². The maximum atomic E-state index is 3.22. The van der Waals surface area contributed by atoms with Crippen molar-refractivity contribution in [3.63, 3.8) is 0 Å². The van der Waals surface area contributed by atoms with Gasteiger partial charge in [-0.05, 0) is 30.8 Å². The molecule has 0 spiro atoms. The summed E-state index contributed by atoms with van der Waals surface area (Å²) < 4.78 is 0. The third-order valence-electron chi connectivity index (χ3n) is 1.43. The van der Waals surface area contributed by atoms with Gasteiger partial charge in [0.25, 0.3) is 0 Å². The van der Waals surface area contributed by atoms with Crippen LogP contribution in [0.15, 0.2) is 6.08 Å². The Kier molecular flexibility index (Phi) is 1.41. The first-order valence-corrected chi connectivity index (χ1v) is 3.13. The van der Waals surface area contributed by atoms with Crippen LogP contribution in [0.4, 0.5) is 0 Å². The summed E-state index contributed by atoms with van der Waals surface area (Å²) >= 11 is 0. The van der Waals surface area contributed by atoms with E-state index >= 15 is 0 Å². The molecule has 1 aliphatic carbocycles. The maximum absolute atomic E-state index is 3.22. The minimum Gasteiger partial charge on any atom is -0.0751 e. The molecule has 0 atom stereocenters. The van der Waals surface area contributed by atoms with Crippen molar-refractivity contribution in [2.45, 2.75) is 26.7 Å². The SMILES string of the molecule is CC1(C)[CH]CC[C]=C1. The fraction of sp³-hybridized carbons (Fsp3) is 0.625. The van der Waals surface area contributed by atoms with Gasteiger partial charge in [0, 0.05) is 0 Å². The highest BCUT2D eigenvalue weighted by Gasteiger charge is 2.15. The quantitative estimate of drug-likeness (QED) is 0.447. The van der Waals surface area contributed by atoms with Crippen LogP contribution in [0.25, 0.3) is 0 Å². The van der Waals surface area contributed by atoms with E-state index in [-0.39, 0.29) is 0 Å². The molecule has 0 unspecified atom stereocenters. The van der Waals surface area contributed by atoms with Crippen LogP contribution in [0.3, 0.4) is 0 Å². The van der Waals surface area contributed by atoms with Crippen LogP contribution in [0, 0.1) is 17.9 Å². The second-order valence-electron chi connectivity index (χ2n) is 2.91. The zero-order chi connectivity index (χ0) is 6.04. The van der Waals surface area contributed by atoms with Gasteiger partial charge < -0.3 is 0 Å². The van der Waals surface area contributed by atoms with Crippen molar-refractivity contribution in [3.8, 4) is 0 Å². The van der Waals surface area contributed by atoms with E-state index in [0.29, 0.717) is 5.41 Å². The molecule has 1 rings (SSSR count). The Morgan fingerprint density at radius 2 is 2.25 bits per heavy atom. The summed E-state index contributed by atoms with van der Waals surface area (Å²) in [6.07, 6.45) is 10.0. The molecular formula is C8H12. The van der Waals surface area contributed by atoms with Gasteiger partial charge in [0.05, 0.1) is 0 Å². The lowest BCUT2D eigenvalue weighted by Gasteiger charge is -2.22. The molecule has 0 heteroatoms. The van der Waals surface area contributed by atoms with Gasteiger partial charge in [-0.1, -0.05) is 19.9 Å². The van der Waals surface area contributed by atoms with Crippen LogP contribution in [-0.2, 0) is 0 Å². The summed E-state index contributed by atoms with van der Waals surface area (Å²) in [6.45, 7) is 4.42. The number of hydrogen-bond donors (Lipinski definition) is 0. The Balaban J connectivity index is 2.56. The molecule has 0 aromatic rings. The topological polar surface area (TPSA) is 0 Å². The lowest BCUT2D eigenvalue weighted by molar-refractivity contribution is 0.518. The first kappa shape index (κ1) is 5.87. The molecule has 0 N–H and O–H groups in total. The summed E-state index contributed by atoms with van der Waals surface area (Å²) in [4.78, 5) is 0. The van der Waals surface area contributed by atoms with E-state index < -0.39 is 0 Å². The fourth-order valence-corrected chi connectivity index (χ4v) is 0.922. The second kappa shape index (κ2) is 1.93. The highest BCUT2D eigenvalue weighted by atomic mass is 14.2. The predicted octanol–water partition coefficient (Wildman–Crippen LogP) is 2.37. The molecule has 0 saturated heterocycles. The highest BCUT2D eigenvalue weighted by molar-refractivity contribution is 5.03. The van der Waals surface area contributed by atoms with Crippen LogP contribution in [0.5, 0.6) is 0 Å². The van der Waals surface area contributed by atoms with Gasteiger partial charge in [-0.2, -0.15) is 0 Å². The van der Waals surface area contributed by atoms with Gasteiger partial charge in [-0.15, -0.1) is 0 Å². The van der Waals surface area contributed by atoms with E-state index in [1.165, 1.54) is 6.42 Å². The standard InChI is InChI=1S/C8H12/c1-8(2)6-4-3-5-7-8/h6-7H,3-4H2,1-2H3. The van der Waals surface area contributed by atoms with Crippen LogP contribution < -0.4 is 0 Å². The lowest BCUT2D eigenvalue weighted by atomic mass is 9.83. The molecule has 0 amide bonds. The molecule has 1 aliphatic rings. The van der Waals surface area contributed by atoms with Crippen LogP contribution >= 0.6 is 0 Å². The third-order valence-corrected chi connectivity index (χ3v) is 1.43. The molecule has 0 fully saturated rings. The molecule has 0 aliphatic heterocycles. The van der Waals surface area contributed by atoms with E-state index in [1.54, 1.807) is 0 Å². The minimum absolute atomic E-state index is 0.318.